The molecule has 180 valence electrons. The van der Waals surface area contributed by atoms with E-state index in [2.05, 4.69) is 41.5 Å². The first-order valence-electron chi connectivity index (χ1n) is 13.1. The molecule has 1 aliphatic rings. The quantitative estimate of drug-likeness (QED) is 0.213. The zero-order valence-corrected chi connectivity index (χ0v) is 22.1. The van der Waals surface area contributed by atoms with Crippen LogP contribution in [0.5, 0.6) is 0 Å². The van der Waals surface area contributed by atoms with Crippen molar-refractivity contribution < 1.29 is 8.42 Å². The van der Waals surface area contributed by atoms with Crippen molar-refractivity contribution in [2.24, 2.45) is 5.41 Å². The van der Waals surface area contributed by atoms with Crippen LogP contribution in [-0.2, 0) is 10.0 Å². The lowest BCUT2D eigenvalue weighted by atomic mass is 9.82. The summed E-state index contributed by atoms with van der Waals surface area (Å²) in [6, 6.07) is 0. The minimum atomic E-state index is -3.15. The molecular weight excluding hydrogens is 390 g/mol. The summed E-state index contributed by atoms with van der Waals surface area (Å²) in [6.07, 6.45) is 18.2. The van der Waals surface area contributed by atoms with E-state index in [1.54, 1.807) is 0 Å². The molecule has 0 aromatic rings. The van der Waals surface area contributed by atoms with Crippen molar-refractivity contribution in [3.8, 4) is 0 Å². The molecule has 1 unspecified atom stereocenters. The minimum Gasteiger partial charge on any atom is -0.212 e. The SMILES string of the molecule is CCCCCCC(C)(C)CCCCC1CCN(C(C)(CCCC)CCCC)S1(=O)=O. The Morgan fingerprint density at radius 1 is 0.733 bits per heavy atom. The molecule has 30 heavy (non-hydrogen) atoms. The molecule has 1 rings (SSSR count). The standard InChI is InChI=1S/C26H53NO2S/c1-7-10-13-15-19-25(4,5)20-16-14-17-24-18-23-27(30(24,28)29)26(6,21-11-8-2)22-12-9-3/h24H,7-23H2,1-6H3. The molecule has 0 amide bonds. The molecule has 0 aliphatic carbocycles. The van der Waals surface area contributed by atoms with Crippen molar-refractivity contribution >= 4 is 10.0 Å². The third-order valence-electron chi connectivity index (χ3n) is 7.46. The van der Waals surface area contributed by atoms with Gasteiger partial charge in [-0.05, 0) is 50.9 Å². The summed E-state index contributed by atoms with van der Waals surface area (Å²) >= 11 is 0. The fraction of sp³-hybridized carbons (Fsp3) is 1.00. The molecule has 0 saturated carbocycles. The fourth-order valence-corrected chi connectivity index (χ4v) is 7.59. The molecule has 0 N–H and O–H groups in total. The third kappa shape index (κ3) is 8.81. The lowest BCUT2D eigenvalue weighted by Crippen LogP contribution is -2.48. The average molecular weight is 444 g/mol. The zero-order valence-electron chi connectivity index (χ0n) is 21.3. The molecular formula is C26H53NO2S. The molecule has 0 aromatic carbocycles. The predicted octanol–water partition coefficient (Wildman–Crippen LogP) is 8.09. The van der Waals surface area contributed by atoms with E-state index < -0.39 is 10.0 Å². The van der Waals surface area contributed by atoms with Gasteiger partial charge in [0, 0.05) is 12.1 Å². The maximum atomic E-state index is 13.4. The van der Waals surface area contributed by atoms with Crippen LogP contribution >= 0.6 is 0 Å². The van der Waals surface area contributed by atoms with Gasteiger partial charge in [0.1, 0.15) is 0 Å². The Kier molecular flexibility index (Phi) is 12.5. The molecule has 0 radical (unpaired) electrons. The summed E-state index contributed by atoms with van der Waals surface area (Å²) < 4.78 is 28.7. The Bertz CT molecular complexity index is 547. The van der Waals surface area contributed by atoms with Crippen LogP contribution in [-0.4, -0.2) is 30.1 Å². The first kappa shape index (κ1) is 27.9. The predicted molar refractivity (Wildman–Crippen MR) is 132 cm³/mol. The molecule has 0 bridgehead atoms. The van der Waals surface area contributed by atoms with Gasteiger partial charge < -0.3 is 0 Å². The van der Waals surface area contributed by atoms with E-state index in [0.717, 1.165) is 70.8 Å². The Hall–Kier alpha value is -0.0900. The molecule has 1 aliphatic heterocycles. The Morgan fingerprint density at radius 2 is 1.27 bits per heavy atom. The normalized spacial score (nSPS) is 20.1. The van der Waals surface area contributed by atoms with Crippen LogP contribution in [0.25, 0.3) is 0 Å². The number of sulfonamides is 1. The van der Waals surface area contributed by atoms with E-state index in [1.165, 1.54) is 38.5 Å². The van der Waals surface area contributed by atoms with Gasteiger partial charge in [-0.1, -0.05) is 98.8 Å². The van der Waals surface area contributed by atoms with E-state index in [4.69, 9.17) is 0 Å². The van der Waals surface area contributed by atoms with Gasteiger partial charge in [0.15, 0.2) is 0 Å². The molecule has 4 heteroatoms. The molecule has 1 atom stereocenters. The second-order valence-electron chi connectivity index (χ2n) is 11.0. The van der Waals surface area contributed by atoms with Crippen LogP contribution < -0.4 is 0 Å². The topological polar surface area (TPSA) is 37.4 Å². The minimum absolute atomic E-state index is 0.146. The van der Waals surface area contributed by atoms with Crippen LogP contribution in [0.1, 0.15) is 144 Å². The van der Waals surface area contributed by atoms with E-state index >= 15 is 0 Å². The van der Waals surface area contributed by atoms with Crippen LogP contribution in [0, 0.1) is 5.41 Å². The van der Waals surface area contributed by atoms with Crippen molar-refractivity contribution in [2.75, 3.05) is 6.54 Å². The van der Waals surface area contributed by atoms with Crippen molar-refractivity contribution in [3.63, 3.8) is 0 Å². The molecule has 3 nitrogen and oxygen atoms in total. The van der Waals surface area contributed by atoms with E-state index in [1.807, 2.05) is 4.31 Å². The van der Waals surface area contributed by atoms with Gasteiger partial charge in [0.05, 0.1) is 5.25 Å². The zero-order chi connectivity index (χ0) is 22.7. The van der Waals surface area contributed by atoms with Gasteiger partial charge >= 0.3 is 0 Å². The van der Waals surface area contributed by atoms with Gasteiger partial charge in [-0.3, -0.25) is 0 Å². The van der Waals surface area contributed by atoms with Gasteiger partial charge in [-0.2, -0.15) is 4.31 Å². The number of nitrogens with zero attached hydrogens (tertiary/aromatic N) is 1. The Labute approximate surface area is 189 Å². The van der Waals surface area contributed by atoms with Crippen LogP contribution in [0.4, 0.5) is 0 Å². The molecule has 1 heterocycles. The van der Waals surface area contributed by atoms with Crippen molar-refractivity contribution in [1.82, 2.24) is 4.31 Å². The van der Waals surface area contributed by atoms with E-state index in [9.17, 15) is 8.42 Å². The first-order chi connectivity index (χ1) is 14.1. The van der Waals surface area contributed by atoms with Gasteiger partial charge in [0.25, 0.3) is 0 Å². The van der Waals surface area contributed by atoms with Crippen molar-refractivity contribution in [3.05, 3.63) is 0 Å². The fourth-order valence-electron chi connectivity index (χ4n) is 5.21. The molecule has 0 aromatic heterocycles. The summed E-state index contributed by atoms with van der Waals surface area (Å²) in [5.74, 6) is 0. The van der Waals surface area contributed by atoms with E-state index in [-0.39, 0.29) is 10.8 Å². The summed E-state index contributed by atoms with van der Waals surface area (Å²) in [5.41, 5.74) is 0.216. The smallest absolute Gasteiger partial charge is 0.212 e. The Balaban J connectivity index is 2.55. The molecule has 1 saturated heterocycles. The number of rotatable bonds is 17. The van der Waals surface area contributed by atoms with Gasteiger partial charge in [-0.25, -0.2) is 8.42 Å². The highest BCUT2D eigenvalue weighted by atomic mass is 32.2. The maximum Gasteiger partial charge on any atom is 0.217 e. The highest BCUT2D eigenvalue weighted by Gasteiger charge is 2.46. The lowest BCUT2D eigenvalue weighted by molar-refractivity contribution is 0.181. The monoisotopic (exact) mass is 443 g/mol. The Morgan fingerprint density at radius 3 is 1.80 bits per heavy atom. The van der Waals surface area contributed by atoms with Crippen molar-refractivity contribution in [2.45, 2.75) is 155 Å². The van der Waals surface area contributed by atoms with Crippen molar-refractivity contribution in [1.29, 1.82) is 0 Å². The average Bonchev–Trinajstić information content (AvgIpc) is 3.00. The summed E-state index contributed by atoms with van der Waals surface area (Å²) in [5, 5.41) is -0.146. The lowest BCUT2D eigenvalue weighted by Gasteiger charge is -2.38. The second-order valence-corrected chi connectivity index (χ2v) is 13.1. The maximum absolute atomic E-state index is 13.4. The second kappa shape index (κ2) is 13.5. The van der Waals surface area contributed by atoms with Gasteiger partial charge in [-0.15, -0.1) is 0 Å². The number of hydrogen-bond donors (Lipinski definition) is 0. The number of hydrogen-bond acceptors (Lipinski definition) is 2. The molecule has 1 fully saturated rings. The summed E-state index contributed by atoms with van der Waals surface area (Å²) in [4.78, 5) is 0. The summed E-state index contributed by atoms with van der Waals surface area (Å²) in [6.45, 7) is 14.4. The third-order valence-corrected chi connectivity index (χ3v) is 10.0. The first-order valence-corrected chi connectivity index (χ1v) is 14.6. The largest absolute Gasteiger partial charge is 0.217 e. The summed E-state index contributed by atoms with van der Waals surface area (Å²) in [7, 11) is -3.15. The number of unbranched alkanes of at least 4 members (excludes halogenated alkanes) is 6. The highest BCUT2D eigenvalue weighted by molar-refractivity contribution is 7.90. The molecule has 0 spiro atoms. The van der Waals surface area contributed by atoms with Crippen LogP contribution in [0.3, 0.4) is 0 Å². The van der Waals surface area contributed by atoms with Crippen LogP contribution in [0.2, 0.25) is 0 Å². The van der Waals surface area contributed by atoms with E-state index in [0.29, 0.717) is 5.41 Å². The van der Waals surface area contributed by atoms with Crippen LogP contribution in [0.15, 0.2) is 0 Å². The highest BCUT2D eigenvalue weighted by Crippen LogP contribution is 2.38. The van der Waals surface area contributed by atoms with Gasteiger partial charge in [0.2, 0.25) is 10.0 Å².